The molecule has 104 valence electrons. The van der Waals surface area contributed by atoms with E-state index in [1.807, 2.05) is 24.3 Å². The van der Waals surface area contributed by atoms with Crippen LogP contribution in [0.2, 0.25) is 0 Å². The summed E-state index contributed by atoms with van der Waals surface area (Å²) in [6.45, 7) is 0. The van der Waals surface area contributed by atoms with Crippen molar-refractivity contribution >= 4 is 49.5 Å². The normalized spacial score (nSPS) is 11.1. The molecule has 6 heteroatoms. The second-order valence-corrected chi connectivity index (χ2v) is 5.88. The smallest absolute Gasteiger partial charge is 0.336 e. The molecule has 0 aliphatic rings. The molecular formula is C15H9BrN2O2S. The lowest BCUT2D eigenvalue weighted by Crippen LogP contribution is -2.04. The maximum atomic E-state index is 11.8. The Hall–Kier alpha value is -2.05. The van der Waals surface area contributed by atoms with Gasteiger partial charge in [0.1, 0.15) is 9.61 Å². The topological polar surface area (TPSA) is 52.1 Å². The first-order valence-electron chi connectivity index (χ1n) is 6.08. The second kappa shape index (κ2) is 6.15. The molecule has 0 fully saturated rings. The lowest BCUT2D eigenvalue weighted by atomic mass is 10.3. The number of rotatable bonds is 3. The fraction of sp³-hybridized carbons (Fsp3) is 0. The Morgan fingerprint density at radius 3 is 2.90 bits per heavy atom. The van der Waals surface area contributed by atoms with E-state index >= 15 is 0 Å². The molecule has 0 aliphatic carbocycles. The Labute approximate surface area is 133 Å². The number of ether oxygens (including phenoxy) is 1. The number of halogens is 1. The number of carbonyl (C=O) groups is 1. The molecule has 0 unspecified atom stereocenters. The first-order valence-corrected chi connectivity index (χ1v) is 7.69. The maximum Gasteiger partial charge on any atom is 0.336 e. The van der Waals surface area contributed by atoms with Gasteiger partial charge in [-0.2, -0.15) is 0 Å². The number of nitrogens with zero attached hydrogens (tertiary/aromatic N) is 2. The SMILES string of the molecule is O=C(/C=C/c1nc2ccccc2s1)Oc1cccnc1Br. The number of thiazole rings is 1. The Balaban J connectivity index is 1.73. The fourth-order valence-corrected chi connectivity index (χ4v) is 2.89. The van der Waals surface area contributed by atoms with Gasteiger partial charge in [-0.25, -0.2) is 14.8 Å². The van der Waals surface area contributed by atoms with Crippen molar-refractivity contribution in [3.63, 3.8) is 0 Å². The quantitative estimate of drug-likeness (QED) is 0.401. The number of esters is 1. The fourth-order valence-electron chi connectivity index (χ4n) is 1.69. The van der Waals surface area contributed by atoms with Gasteiger partial charge in [-0.05, 0) is 46.3 Å². The molecule has 0 saturated heterocycles. The summed E-state index contributed by atoms with van der Waals surface area (Å²) in [6.07, 6.45) is 4.62. The number of hydrogen-bond donors (Lipinski definition) is 0. The van der Waals surface area contributed by atoms with Crippen molar-refractivity contribution in [1.29, 1.82) is 0 Å². The molecule has 0 bridgehead atoms. The van der Waals surface area contributed by atoms with Crippen LogP contribution in [0.5, 0.6) is 5.75 Å². The van der Waals surface area contributed by atoms with Crippen molar-refractivity contribution in [1.82, 2.24) is 9.97 Å². The third kappa shape index (κ3) is 3.34. The highest BCUT2D eigenvalue weighted by atomic mass is 79.9. The molecule has 4 nitrogen and oxygen atoms in total. The van der Waals surface area contributed by atoms with Crippen LogP contribution in [0, 0.1) is 0 Å². The van der Waals surface area contributed by atoms with Gasteiger partial charge in [0.15, 0.2) is 5.75 Å². The lowest BCUT2D eigenvalue weighted by Gasteiger charge is -2.01. The minimum absolute atomic E-state index is 0.386. The van der Waals surface area contributed by atoms with E-state index in [0.717, 1.165) is 15.2 Å². The molecular weight excluding hydrogens is 352 g/mol. The highest BCUT2D eigenvalue weighted by Crippen LogP contribution is 2.23. The van der Waals surface area contributed by atoms with Crippen LogP contribution in [-0.2, 0) is 4.79 Å². The van der Waals surface area contributed by atoms with Crippen molar-refractivity contribution in [2.75, 3.05) is 0 Å². The number of benzene rings is 1. The maximum absolute atomic E-state index is 11.8. The van der Waals surface area contributed by atoms with Crippen LogP contribution in [0.15, 0.2) is 53.3 Å². The van der Waals surface area contributed by atoms with Crippen LogP contribution in [0.4, 0.5) is 0 Å². The molecule has 2 heterocycles. The van der Waals surface area contributed by atoms with Gasteiger partial charge < -0.3 is 4.74 Å². The zero-order valence-corrected chi connectivity index (χ0v) is 13.1. The molecule has 0 radical (unpaired) electrons. The number of pyridine rings is 1. The minimum Gasteiger partial charge on any atom is -0.420 e. The van der Waals surface area contributed by atoms with Crippen molar-refractivity contribution in [2.45, 2.75) is 0 Å². The van der Waals surface area contributed by atoms with Crippen LogP contribution < -0.4 is 4.74 Å². The lowest BCUT2D eigenvalue weighted by molar-refractivity contribution is -0.128. The summed E-state index contributed by atoms with van der Waals surface area (Å²) in [5.41, 5.74) is 0.922. The molecule has 1 aromatic carbocycles. The second-order valence-electron chi connectivity index (χ2n) is 4.07. The van der Waals surface area contributed by atoms with Gasteiger partial charge in [0.05, 0.1) is 10.2 Å². The first-order chi connectivity index (χ1) is 10.2. The molecule has 2 aromatic heterocycles. The van der Waals surface area contributed by atoms with E-state index in [0.29, 0.717) is 10.4 Å². The molecule has 0 saturated carbocycles. The summed E-state index contributed by atoms with van der Waals surface area (Å²) in [5.74, 6) is -0.0839. The summed E-state index contributed by atoms with van der Waals surface area (Å²) in [4.78, 5) is 20.2. The van der Waals surface area contributed by atoms with E-state index in [4.69, 9.17) is 4.74 Å². The monoisotopic (exact) mass is 360 g/mol. The van der Waals surface area contributed by atoms with E-state index in [9.17, 15) is 4.79 Å². The van der Waals surface area contributed by atoms with Crippen molar-refractivity contribution < 1.29 is 9.53 Å². The summed E-state index contributed by atoms with van der Waals surface area (Å²) >= 11 is 4.74. The average molecular weight is 361 g/mol. The first kappa shape index (κ1) is 13.9. The zero-order chi connectivity index (χ0) is 14.7. The van der Waals surface area contributed by atoms with Gasteiger partial charge in [-0.1, -0.05) is 12.1 Å². The number of hydrogen-bond acceptors (Lipinski definition) is 5. The summed E-state index contributed by atoms with van der Waals surface area (Å²) in [5, 5.41) is 0.762. The predicted octanol–water partition coefficient (Wildman–Crippen LogP) is 4.07. The molecule has 3 rings (SSSR count). The number of aromatic nitrogens is 2. The molecule has 0 amide bonds. The van der Waals surface area contributed by atoms with Gasteiger partial charge in [-0.15, -0.1) is 11.3 Å². The van der Waals surface area contributed by atoms with E-state index in [-0.39, 0.29) is 0 Å². The third-order valence-corrected chi connectivity index (χ3v) is 4.21. The number of fused-ring (bicyclic) bond motifs is 1. The standard InChI is InChI=1S/C15H9BrN2O2S/c16-15-11(5-3-9-17-15)20-14(19)8-7-13-18-10-4-1-2-6-12(10)21-13/h1-9H/b8-7+. The molecule has 0 N–H and O–H groups in total. The summed E-state index contributed by atoms with van der Waals surface area (Å²) in [7, 11) is 0. The van der Waals surface area contributed by atoms with E-state index < -0.39 is 5.97 Å². The third-order valence-electron chi connectivity index (χ3n) is 2.61. The van der Waals surface area contributed by atoms with Gasteiger partial charge in [-0.3, -0.25) is 0 Å². The Morgan fingerprint density at radius 2 is 2.10 bits per heavy atom. The Bertz CT molecular complexity index is 796. The molecule has 21 heavy (non-hydrogen) atoms. The molecule has 0 atom stereocenters. The molecule has 0 spiro atoms. The van der Waals surface area contributed by atoms with Gasteiger partial charge >= 0.3 is 5.97 Å². The van der Waals surface area contributed by atoms with Gasteiger partial charge in [0.2, 0.25) is 0 Å². The van der Waals surface area contributed by atoms with Crippen LogP contribution in [0.25, 0.3) is 16.3 Å². The van der Waals surface area contributed by atoms with Crippen LogP contribution in [0.3, 0.4) is 0 Å². The van der Waals surface area contributed by atoms with Crippen molar-refractivity contribution in [2.24, 2.45) is 0 Å². The van der Waals surface area contributed by atoms with E-state index in [1.165, 1.54) is 17.4 Å². The Morgan fingerprint density at radius 1 is 1.24 bits per heavy atom. The van der Waals surface area contributed by atoms with E-state index in [1.54, 1.807) is 24.4 Å². The summed E-state index contributed by atoms with van der Waals surface area (Å²) < 4.78 is 6.76. The Kier molecular flexibility index (Phi) is 4.08. The predicted molar refractivity (Wildman–Crippen MR) is 86.2 cm³/mol. The highest BCUT2D eigenvalue weighted by molar-refractivity contribution is 9.10. The molecule has 0 aliphatic heterocycles. The van der Waals surface area contributed by atoms with Crippen molar-refractivity contribution in [3.05, 3.63) is 58.3 Å². The van der Waals surface area contributed by atoms with Crippen LogP contribution >= 0.6 is 27.3 Å². The minimum atomic E-state index is -0.469. The zero-order valence-electron chi connectivity index (χ0n) is 10.7. The van der Waals surface area contributed by atoms with Crippen LogP contribution in [-0.4, -0.2) is 15.9 Å². The highest BCUT2D eigenvalue weighted by Gasteiger charge is 2.06. The van der Waals surface area contributed by atoms with Gasteiger partial charge in [0.25, 0.3) is 0 Å². The average Bonchev–Trinajstić information content (AvgIpc) is 2.90. The van der Waals surface area contributed by atoms with E-state index in [2.05, 4.69) is 25.9 Å². The molecule has 3 aromatic rings. The summed E-state index contributed by atoms with van der Waals surface area (Å²) in [6, 6.07) is 11.2. The number of carbonyl (C=O) groups excluding carboxylic acids is 1. The van der Waals surface area contributed by atoms with Crippen LogP contribution in [0.1, 0.15) is 5.01 Å². The van der Waals surface area contributed by atoms with Gasteiger partial charge in [0, 0.05) is 12.3 Å². The largest absolute Gasteiger partial charge is 0.420 e. The number of para-hydroxylation sites is 1. The van der Waals surface area contributed by atoms with Crippen molar-refractivity contribution in [3.8, 4) is 5.75 Å².